The predicted molar refractivity (Wildman–Crippen MR) is 86.7 cm³/mol. The molecule has 3 heteroatoms. The second-order valence-corrected chi connectivity index (χ2v) is 5.86. The van der Waals surface area contributed by atoms with E-state index in [0.717, 1.165) is 55.8 Å². The van der Waals surface area contributed by atoms with Crippen molar-refractivity contribution in [3.05, 3.63) is 65.0 Å². The molecule has 1 aliphatic rings. The molecule has 0 spiro atoms. The average Bonchev–Trinajstić information content (AvgIpc) is 2.56. The maximum absolute atomic E-state index is 13.7. The quantitative estimate of drug-likeness (QED) is 0.832. The lowest BCUT2D eigenvalue weighted by Crippen LogP contribution is -2.32. The highest BCUT2D eigenvalue weighted by molar-refractivity contribution is 5.30. The number of hydrogen-bond donors (Lipinski definition) is 0. The number of fused-ring (bicyclic) bond motifs is 1. The van der Waals surface area contributed by atoms with Gasteiger partial charge in [-0.3, -0.25) is 4.90 Å². The van der Waals surface area contributed by atoms with Crippen LogP contribution in [0, 0.1) is 5.82 Å². The van der Waals surface area contributed by atoms with Crippen LogP contribution in [0.15, 0.2) is 42.5 Å². The van der Waals surface area contributed by atoms with Gasteiger partial charge in [-0.2, -0.15) is 0 Å². The van der Waals surface area contributed by atoms with E-state index in [1.807, 2.05) is 24.3 Å². The molecule has 0 aromatic heterocycles. The zero-order chi connectivity index (χ0) is 15.4. The molecule has 0 N–H and O–H groups in total. The summed E-state index contributed by atoms with van der Waals surface area (Å²) in [6, 6.07) is 13.7. The van der Waals surface area contributed by atoms with Crippen LogP contribution in [0.1, 0.15) is 23.1 Å². The number of benzene rings is 2. The van der Waals surface area contributed by atoms with E-state index >= 15 is 0 Å². The summed E-state index contributed by atoms with van der Waals surface area (Å²) in [5.41, 5.74) is 3.40. The van der Waals surface area contributed by atoms with Gasteiger partial charge in [-0.15, -0.1) is 0 Å². The highest BCUT2D eigenvalue weighted by atomic mass is 19.1. The summed E-state index contributed by atoms with van der Waals surface area (Å²) in [6.45, 7) is 2.88. The highest BCUT2D eigenvalue weighted by Crippen LogP contribution is 2.22. The van der Waals surface area contributed by atoms with Crippen LogP contribution in [0.3, 0.4) is 0 Å². The highest BCUT2D eigenvalue weighted by Gasteiger charge is 2.18. The smallest absolute Gasteiger partial charge is 0.126 e. The largest absolute Gasteiger partial charge is 0.497 e. The van der Waals surface area contributed by atoms with Crippen molar-refractivity contribution >= 4 is 0 Å². The third kappa shape index (κ3) is 3.47. The second-order valence-electron chi connectivity index (χ2n) is 5.86. The van der Waals surface area contributed by atoms with Crippen molar-refractivity contribution < 1.29 is 9.13 Å². The number of ether oxygens (including phenoxy) is 1. The Labute approximate surface area is 131 Å². The fourth-order valence-electron chi connectivity index (χ4n) is 3.11. The Hall–Kier alpha value is -1.87. The van der Waals surface area contributed by atoms with Crippen LogP contribution in [0.2, 0.25) is 0 Å². The number of rotatable bonds is 5. The molecular formula is C19H22FNO. The van der Waals surface area contributed by atoms with Gasteiger partial charge in [0.1, 0.15) is 11.6 Å². The number of methoxy groups -OCH3 is 1. The Morgan fingerprint density at radius 1 is 1.14 bits per heavy atom. The first-order valence-corrected chi connectivity index (χ1v) is 7.88. The fourth-order valence-corrected chi connectivity index (χ4v) is 3.11. The first-order valence-electron chi connectivity index (χ1n) is 7.88. The predicted octanol–water partition coefficient (Wildman–Crippen LogP) is 3.83. The number of nitrogens with zero attached hydrogens (tertiary/aromatic N) is 1. The van der Waals surface area contributed by atoms with E-state index in [0.29, 0.717) is 0 Å². The van der Waals surface area contributed by atoms with E-state index in [2.05, 4.69) is 17.0 Å². The first-order chi connectivity index (χ1) is 10.8. The normalized spacial score (nSPS) is 14.6. The van der Waals surface area contributed by atoms with Crippen LogP contribution in [0.5, 0.6) is 5.75 Å². The molecule has 2 aromatic rings. The van der Waals surface area contributed by atoms with Gasteiger partial charge in [0.25, 0.3) is 0 Å². The van der Waals surface area contributed by atoms with Crippen molar-refractivity contribution in [2.24, 2.45) is 0 Å². The topological polar surface area (TPSA) is 12.5 Å². The molecule has 0 atom stereocenters. The van der Waals surface area contributed by atoms with E-state index in [1.165, 1.54) is 5.56 Å². The van der Waals surface area contributed by atoms with Crippen LogP contribution in [0.25, 0.3) is 0 Å². The lowest BCUT2D eigenvalue weighted by atomic mass is 9.99. The van der Waals surface area contributed by atoms with Crippen LogP contribution in [-0.4, -0.2) is 25.1 Å². The van der Waals surface area contributed by atoms with Crippen molar-refractivity contribution in [1.29, 1.82) is 0 Å². The SMILES string of the molecule is COc1ccc(CCCN2CCc3c(F)cccc3C2)cc1. The summed E-state index contributed by atoms with van der Waals surface area (Å²) in [5, 5.41) is 0. The first kappa shape index (κ1) is 15.0. The van der Waals surface area contributed by atoms with Crippen molar-refractivity contribution in [3.63, 3.8) is 0 Å². The monoisotopic (exact) mass is 299 g/mol. The molecule has 2 nitrogen and oxygen atoms in total. The molecule has 0 fully saturated rings. The number of hydrogen-bond acceptors (Lipinski definition) is 2. The lowest BCUT2D eigenvalue weighted by Gasteiger charge is -2.28. The van der Waals surface area contributed by atoms with E-state index in [4.69, 9.17) is 4.74 Å². The summed E-state index contributed by atoms with van der Waals surface area (Å²) < 4.78 is 18.9. The molecule has 2 aromatic carbocycles. The van der Waals surface area contributed by atoms with Gasteiger partial charge >= 0.3 is 0 Å². The van der Waals surface area contributed by atoms with Crippen molar-refractivity contribution in [1.82, 2.24) is 4.90 Å². The maximum Gasteiger partial charge on any atom is 0.126 e. The van der Waals surface area contributed by atoms with Gasteiger partial charge < -0.3 is 4.74 Å². The van der Waals surface area contributed by atoms with Crippen LogP contribution < -0.4 is 4.74 Å². The van der Waals surface area contributed by atoms with Gasteiger partial charge in [0.05, 0.1) is 7.11 Å². The van der Waals surface area contributed by atoms with Gasteiger partial charge in [-0.05, 0) is 60.7 Å². The molecule has 116 valence electrons. The minimum Gasteiger partial charge on any atom is -0.497 e. The van der Waals surface area contributed by atoms with Crippen molar-refractivity contribution in [2.75, 3.05) is 20.2 Å². The molecular weight excluding hydrogens is 277 g/mol. The molecule has 1 heterocycles. The van der Waals surface area contributed by atoms with Crippen molar-refractivity contribution in [2.45, 2.75) is 25.8 Å². The Balaban J connectivity index is 1.50. The Morgan fingerprint density at radius 3 is 2.73 bits per heavy atom. The standard InChI is InChI=1S/C19H22FNO/c1-22-17-9-7-15(8-10-17)4-3-12-21-13-11-18-16(14-21)5-2-6-19(18)20/h2,5-10H,3-4,11-14H2,1H3. The van der Waals surface area contributed by atoms with Gasteiger partial charge in [0.2, 0.25) is 0 Å². The van der Waals surface area contributed by atoms with Gasteiger partial charge in [-0.25, -0.2) is 4.39 Å². The zero-order valence-electron chi connectivity index (χ0n) is 13.0. The molecule has 0 amide bonds. The summed E-state index contributed by atoms with van der Waals surface area (Å²) >= 11 is 0. The average molecular weight is 299 g/mol. The second kappa shape index (κ2) is 6.93. The summed E-state index contributed by atoms with van der Waals surface area (Å²) in [5.74, 6) is 0.855. The molecule has 0 aliphatic carbocycles. The van der Waals surface area contributed by atoms with Crippen molar-refractivity contribution in [3.8, 4) is 5.75 Å². The summed E-state index contributed by atoms with van der Waals surface area (Å²) in [7, 11) is 1.69. The molecule has 0 unspecified atom stereocenters. The Bertz CT molecular complexity index is 624. The summed E-state index contributed by atoms with van der Waals surface area (Å²) in [4.78, 5) is 2.42. The Morgan fingerprint density at radius 2 is 1.95 bits per heavy atom. The molecule has 0 radical (unpaired) electrons. The third-order valence-corrected chi connectivity index (χ3v) is 4.39. The van der Waals surface area contributed by atoms with Gasteiger partial charge in [-0.1, -0.05) is 24.3 Å². The minimum absolute atomic E-state index is 0.0459. The van der Waals surface area contributed by atoms with Gasteiger partial charge in [0.15, 0.2) is 0 Å². The molecule has 1 aliphatic heterocycles. The van der Waals surface area contributed by atoms with E-state index in [1.54, 1.807) is 13.2 Å². The molecule has 22 heavy (non-hydrogen) atoms. The summed E-state index contributed by atoms with van der Waals surface area (Å²) in [6.07, 6.45) is 3.01. The van der Waals surface area contributed by atoms with E-state index < -0.39 is 0 Å². The molecule has 0 bridgehead atoms. The maximum atomic E-state index is 13.7. The molecule has 0 saturated heterocycles. The molecule has 3 rings (SSSR count). The Kier molecular flexibility index (Phi) is 4.74. The fraction of sp³-hybridized carbons (Fsp3) is 0.368. The number of halogens is 1. The van der Waals surface area contributed by atoms with E-state index in [9.17, 15) is 4.39 Å². The van der Waals surface area contributed by atoms with Gasteiger partial charge in [0, 0.05) is 13.1 Å². The molecule has 0 saturated carbocycles. The van der Waals surface area contributed by atoms with Crippen LogP contribution in [-0.2, 0) is 19.4 Å². The van der Waals surface area contributed by atoms with Crippen LogP contribution in [0.4, 0.5) is 4.39 Å². The van der Waals surface area contributed by atoms with E-state index in [-0.39, 0.29) is 5.82 Å². The zero-order valence-corrected chi connectivity index (χ0v) is 13.0. The van der Waals surface area contributed by atoms with Crippen LogP contribution >= 0.6 is 0 Å². The lowest BCUT2D eigenvalue weighted by molar-refractivity contribution is 0.248. The third-order valence-electron chi connectivity index (χ3n) is 4.39. The number of aryl methyl sites for hydroxylation is 1. The minimum atomic E-state index is -0.0459.